The maximum atomic E-state index is 11.8. The van der Waals surface area contributed by atoms with Gasteiger partial charge in [-0.05, 0) is 44.9 Å². The summed E-state index contributed by atoms with van der Waals surface area (Å²) in [4.78, 5) is 40.1. The molecule has 10 nitrogen and oxygen atoms in total. The molecule has 0 aliphatic carbocycles. The molecular weight excluding hydrogens is 388 g/mol. The van der Waals surface area contributed by atoms with Gasteiger partial charge in [-0.25, -0.2) is 9.59 Å². The molecular formula is C20H30N6O4. The van der Waals surface area contributed by atoms with Crippen LogP contribution in [-0.2, 0) is 16.0 Å². The lowest BCUT2D eigenvalue weighted by molar-refractivity contribution is -0.124. The summed E-state index contributed by atoms with van der Waals surface area (Å²) in [5.74, 6) is 0.361. The van der Waals surface area contributed by atoms with E-state index in [2.05, 4.69) is 26.3 Å². The van der Waals surface area contributed by atoms with Gasteiger partial charge in [0.25, 0.3) is 0 Å². The third-order valence-electron chi connectivity index (χ3n) is 4.09. The minimum atomic E-state index is -0.543. The van der Waals surface area contributed by atoms with Gasteiger partial charge in [-0.15, -0.1) is 0 Å². The van der Waals surface area contributed by atoms with E-state index in [1.807, 2.05) is 45.0 Å². The lowest BCUT2D eigenvalue weighted by Gasteiger charge is -2.19. The van der Waals surface area contributed by atoms with Gasteiger partial charge in [0.05, 0.1) is 6.54 Å². The van der Waals surface area contributed by atoms with Crippen LogP contribution in [0, 0.1) is 0 Å². The van der Waals surface area contributed by atoms with Gasteiger partial charge in [0.2, 0.25) is 5.91 Å². The summed E-state index contributed by atoms with van der Waals surface area (Å²) < 4.78 is 5.23. The number of amides is 4. The normalized spacial score (nSPS) is 14.4. The minimum absolute atomic E-state index is 0.0535. The number of nitrogens with one attached hydrogen (secondary N) is 4. The predicted octanol–water partition coefficient (Wildman–Crippen LogP) is 1.29. The highest BCUT2D eigenvalue weighted by molar-refractivity contribution is 6.01. The van der Waals surface area contributed by atoms with Crippen LogP contribution in [0.25, 0.3) is 0 Å². The Hall–Kier alpha value is -3.30. The molecule has 0 unspecified atom stereocenters. The zero-order valence-electron chi connectivity index (χ0n) is 17.9. The summed E-state index contributed by atoms with van der Waals surface area (Å²) in [6.45, 7) is 6.82. The second-order valence-corrected chi connectivity index (χ2v) is 7.70. The number of rotatable bonds is 7. The number of hydrogen-bond donors (Lipinski definition) is 4. The summed E-state index contributed by atoms with van der Waals surface area (Å²) >= 11 is 0. The first-order chi connectivity index (χ1) is 14.2. The standard InChI is InChI=1S/C20H30N6O4/c1-20(2,3)30-19(29)25-15-7-5-14(6-8-15)9-10-22-17(21-4)23-11-12-26-16(27)13-24-18(26)28/h5-8H,9-13H2,1-4H3,(H,24,28)(H,25,29)(H2,21,22,23). The molecule has 0 spiro atoms. The van der Waals surface area contributed by atoms with Gasteiger partial charge in [0, 0.05) is 32.4 Å². The predicted molar refractivity (Wildman–Crippen MR) is 114 cm³/mol. The Labute approximate surface area is 176 Å². The van der Waals surface area contributed by atoms with Gasteiger partial charge >= 0.3 is 12.1 Å². The highest BCUT2D eigenvalue weighted by Crippen LogP contribution is 2.13. The first-order valence-electron chi connectivity index (χ1n) is 9.79. The van der Waals surface area contributed by atoms with E-state index in [0.29, 0.717) is 24.7 Å². The highest BCUT2D eigenvalue weighted by atomic mass is 16.6. The van der Waals surface area contributed by atoms with Crippen molar-refractivity contribution in [2.75, 3.05) is 38.5 Å². The molecule has 0 bridgehead atoms. The quantitative estimate of drug-likeness (QED) is 0.301. The Morgan fingerprint density at radius 1 is 1.17 bits per heavy atom. The van der Waals surface area contributed by atoms with E-state index >= 15 is 0 Å². The molecule has 1 aliphatic heterocycles. The van der Waals surface area contributed by atoms with E-state index in [-0.39, 0.29) is 25.0 Å². The molecule has 1 aromatic rings. The number of anilines is 1. The average Bonchev–Trinajstić information content (AvgIpc) is 2.98. The van der Waals surface area contributed by atoms with Crippen molar-refractivity contribution in [1.82, 2.24) is 20.9 Å². The highest BCUT2D eigenvalue weighted by Gasteiger charge is 2.27. The molecule has 164 valence electrons. The molecule has 1 heterocycles. The van der Waals surface area contributed by atoms with Crippen LogP contribution in [0.1, 0.15) is 26.3 Å². The largest absolute Gasteiger partial charge is 0.444 e. The molecule has 0 saturated carbocycles. The first kappa shape index (κ1) is 23.0. The minimum Gasteiger partial charge on any atom is -0.444 e. The number of benzene rings is 1. The number of carbonyl (C=O) groups excluding carboxylic acids is 3. The zero-order valence-corrected chi connectivity index (χ0v) is 17.9. The van der Waals surface area contributed by atoms with Crippen LogP contribution in [0.2, 0.25) is 0 Å². The Morgan fingerprint density at radius 3 is 2.40 bits per heavy atom. The Morgan fingerprint density at radius 2 is 1.83 bits per heavy atom. The number of hydrogen-bond acceptors (Lipinski definition) is 5. The van der Waals surface area contributed by atoms with Crippen LogP contribution in [0.15, 0.2) is 29.3 Å². The van der Waals surface area contributed by atoms with E-state index in [4.69, 9.17) is 4.74 Å². The van der Waals surface area contributed by atoms with Gasteiger partial charge < -0.3 is 20.7 Å². The fourth-order valence-corrected chi connectivity index (χ4v) is 2.69. The third kappa shape index (κ3) is 7.61. The summed E-state index contributed by atoms with van der Waals surface area (Å²) in [5.41, 5.74) is 1.21. The number of ether oxygens (including phenoxy) is 1. The second-order valence-electron chi connectivity index (χ2n) is 7.70. The Kier molecular flexibility index (Phi) is 8.02. The Balaban J connectivity index is 1.70. The van der Waals surface area contributed by atoms with Crippen molar-refractivity contribution < 1.29 is 19.1 Å². The molecule has 1 aliphatic rings. The maximum Gasteiger partial charge on any atom is 0.412 e. The van der Waals surface area contributed by atoms with E-state index in [1.165, 1.54) is 4.90 Å². The summed E-state index contributed by atoms with van der Waals surface area (Å²) in [6, 6.07) is 7.15. The zero-order chi connectivity index (χ0) is 22.1. The van der Waals surface area contributed by atoms with Crippen molar-refractivity contribution in [2.24, 2.45) is 4.99 Å². The van der Waals surface area contributed by atoms with Gasteiger partial charge in [-0.2, -0.15) is 0 Å². The summed E-state index contributed by atoms with van der Waals surface area (Å²) in [5, 5.41) is 11.4. The van der Waals surface area contributed by atoms with Crippen LogP contribution in [0.5, 0.6) is 0 Å². The third-order valence-corrected chi connectivity index (χ3v) is 4.09. The molecule has 0 radical (unpaired) electrons. The number of nitrogens with zero attached hydrogens (tertiary/aromatic N) is 2. The van der Waals surface area contributed by atoms with Crippen molar-refractivity contribution in [2.45, 2.75) is 32.8 Å². The summed E-state index contributed by atoms with van der Waals surface area (Å²) in [7, 11) is 1.65. The smallest absolute Gasteiger partial charge is 0.412 e. The van der Waals surface area contributed by atoms with Gasteiger partial charge in [-0.1, -0.05) is 12.1 Å². The van der Waals surface area contributed by atoms with Crippen LogP contribution in [0.4, 0.5) is 15.3 Å². The van der Waals surface area contributed by atoms with Crippen LogP contribution in [-0.4, -0.2) is 67.7 Å². The molecule has 10 heteroatoms. The molecule has 1 fully saturated rings. The fraction of sp³-hybridized carbons (Fsp3) is 0.500. The maximum absolute atomic E-state index is 11.8. The molecule has 0 atom stereocenters. The van der Waals surface area contributed by atoms with E-state index in [9.17, 15) is 14.4 Å². The van der Waals surface area contributed by atoms with E-state index < -0.39 is 11.7 Å². The SMILES string of the molecule is CN=C(NCCc1ccc(NC(=O)OC(C)(C)C)cc1)NCCN1C(=O)CNC1=O. The van der Waals surface area contributed by atoms with Gasteiger partial charge in [0.1, 0.15) is 5.60 Å². The molecule has 1 aromatic carbocycles. The van der Waals surface area contributed by atoms with Crippen molar-refractivity contribution in [3.8, 4) is 0 Å². The van der Waals surface area contributed by atoms with Crippen LogP contribution < -0.4 is 21.3 Å². The molecule has 30 heavy (non-hydrogen) atoms. The van der Waals surface area contributed by atoms with E-state index in [1.54, 1.807) is 7.05 Å². The van der Waals surface area contributed by atoms with Crippen molar-refractivity contribution in [3.05, 3.63) is 29.8 Å². The molecule has 0 aromatic heterocycles. The number of aliphatic imine (C=N–C) groups is 1. The summed E-state index contributed by atoms with van der Waals surface area (Å²) in [6.07, 6.45) is 0.264. The topological polar surface area (TPSA) is 124 Å². The number of urea groups is 1. The fourth-order valence-electron chi connectivity index (χ4n) is 2.69. The molecule has 2 rings (SSSR count). The number of imide groups is 1. The van der Waals surface area contributed by atoms with E-state index in [0.717, 1.165) is 12.0 Å². The van der Waals surface area contributed by atoms with Crippen molar-refractivity contribution in [1.29, 1.82) is 0 Å². The number of carbonyl (C=O) groups is 3. The molecule has 1 saturated heterocycles. The lowest BCUT2D eigenvalue weighted by atomic mass is 10.1. The van der Waals surface area contributed by atoms with Gasteiger partial charge in [-0.3, -0.25) is 20.0 Å². The van der Waals surface area contributed by atoms with Crippen LogP contribution >= 0.6 is 0 Å². The molecule has 4 N–H and O–H groups in total. The number of guanidine groups is 1. The van der Waals surface area contributed by atoms with Crippen molar-refractivity contribution >= 4 is 29.7 Å². The Bertz CT molecular complexity index is 769. The first-order valence-corrected chi connectivity index (χ1v) is 9.79. The molecule has 4 amide bonds. The van der Waals surface area contributed by atoms with Crippen molar-refractivity contribution in [3.63, 3.8) is 0 Å². The monoisotopic (exact) mass is 418 g/mol. The van der Waals surface area contributed by atoms with Gasteiger partial charge in [0.15, 0.2) is 5.96 Å². The van der Waals surface area contributed by atoms with Crippen LogP contribution in [0.3, 0.4) is 0 Å². The lowest BCUT2D eigenvalue weighted by Crippen LogP contribution is -2.43. The average molecular weight is 418 g/mol. The second kappa shape index (κ2) is 10.5.